The molecular weight excluding hydrogens is 622 g/mol. The summed E-state index contributed by atoms with van der Waals surface area (Å²) in [7, 11) is 3.40. The van der Waals surface area contributed by atoms with Crippen LogP contribution in [0.5, 0.6) is 5.88 Å². The van der Waals surface area contributed by atoms with Crippen molar-refractivity contribution in [3.8, 4) is 28.5 Å². The number of likely N-dealkylation sites (tertiary alicyclic amines) is 1. The van der Waals surface area contributed by atoms with Crippen molar-refractivity contribution in [2.45, 2.75) is 25.4 Å². The Morgan fingerprint density at radius 3 is 2.53 bits per heavy atom. The first-order valence-corrected chi connectivity index (χ1v) is 16.4. The number of methoxy groups -OCH3 is 1. The van der Waals surface area contributed by atoms with Gasteiger partial charge in [0.15, 0.2) is 11.4 Å². The van der Waals surface area contributed by atoms with Crippen LogP contribution < -0.4 is 10.1 Å². The number of H-pyrrole nitrogens is 1. The van der Waals surface area contributed by atoms with Crippen LogP contribution in [0.3, 0.4) is 0 Å². The number of nitrogens with one attached hydrogen (secondary N) is 2. The van der Waals surface area contributed by atoms with Crippen molar-refractivity contribution in [1.29, 1.82) is 0 Å². The highest BCUT2D eigenvalue weighted by molar-refractivity contribution is 6.01. The third kappa shape index (κ3) is 6.67. The normalized spacial score (nSPS) is 18.1. The monoisotopic (exact) mass is 661 g/mol. The van der Waals surface area contributed by atoms with E-state index < -0.39 is 5.60 Å². The van der Waals surface area contributed by atoms with E-state index in [1.165, 1.54) is 5.57 Å². The van der Waals surface area contributed by atoms with Crippen LogP contribution in [0, 0.1) is 0 Å². The van der Waals surface area contributed by atoms with E-state index in [1.807, 2.05) is 66.2 Å². The summed E-state index contributed by atoms with van der Waals surface area (Å²) in [4.78, 5) is 39.6. The van der Waals surface area contributed by atoms with Crippen molar-refractivity contribution in [3.05, 3.63) is 78.8 Å². The molecule has 0 radical (unpaired) electrons. The summed E-state index contributed by atoms with van der Waals surface area (Å²) < 4.78 is 13.0. The van der Waals surface area contributed by atoms with E-state index in [0.717, 1.165) is 39.7 Å². The van der Waals surface area contributed by atoms with Gasteiger partial charge in [0.2, 0.25) is 11.8 Å². The maximum atomic E-state index is 13.7. The Morgan fingerprint density at radius 1 is 1.02 bits per heavy atom. The molecule has 5 aromatic rings. The molecule has 1 fully saturated rings. The second-order valence-corrected chi connectivity index (χ2v) is 12.4. The molecule has 252 valence electrons. The van der Waals surface area contributed by atoms with Gasteiger partial charge in [-0.1, -0.05) is 30.3 Å². The number of aromatic nitrogens is 6. The second kappa shape index (κ2) is 13.6. The maximum Gasteiger partial charge on any atom is 0.258 e. The Balaban J connectivity index is 0.956. The van der Waals surface area contributed by atoms with Gasteiger partial charge in [-0.05, 0) is 55.2 Å². The van der Waals surface area contributed by atoms with Crippen LogP contribution in [-0.4, -0.2) is 104 Å². The lowest BCUT2D eigenvalue weighted by atomic mass is 9.98. The number of nitrogens with zero attached hydrogens (tertiary/aromatic N) is 7. The lowest BCUT2D eigenvalue weighted by molar-refractivity contribution is -0.138. The molecule has 0 unspecified atom stereocenters. The molecule has 0 bridgehead atoms. The lowest BCUT2D eigenvalue weighted by Crippen LogP contribution is -2.48. The number of benzene rings is 2. The number of fused-ring (bicyclic) bond motifs is 1. The molecule has 7 rings (SSSR count). The fourth-order valence-corrected chi connectivity index (χ4v) is 6.50. The number of carbonyl (C=O) groups excluding carboxylic acids is 2. The number of aryl methyl sites for hydroxylation is 1. The van der Waals surface area contributed by atoms with E-state index in [4.69, 9.17) is 9.47 Å². The van der Waals surface area contributed by atoms with Gasteiger partial charge < -0.3 is 19.7 Å². The van der Waals surface area contributed by atoms with Crippen molar-refractivity contribution >= 4 is 34.0 Å². The second-order valence-electron chi connectivity index (χ2n) is 12.4. The SMILES string of the molecule is CCOc1ccc(-c2n[nH]c3ccc(NC(=O)[C@]4(OC)CCN(CC(=O)N5CC=C(c6ccc(-c7ncn(C)n7)cc6)CC5)C4)cc23)cn1. The van der Waals surface area contributed by atoms with Crippen molar-refractivity contribution in [1.82, 2.24) is 39.7 Å². The molecule has 0 spiro atoms. The fraction of sp³-hybridized carbons (Fsp3) is 0.333. The van der Waals surface area contributed by atoms with Crippen LogP contribution in [0.25, 0.3) is 39.1 Å². The van der Waals surface area contributed by atoms with E-state index in [1.54, 1.807) is 24.3 Å². The summed E-state index contributed by atoms with van der Waals surface area (Å²) in [6.45, 7) is 4.78. The first-order valence-electron chi connectivity index (χ1n) is 16.4. The molecule has 1 saturated heterocycles. The molecule has 13 heteroatoms. The van der Waals surface area contributed by atoms with Crippen LogP contribution in [0.4, 0.5) is 5.69 Å². The minimum atomic E-state index is -1.07. The highest BCUT2D eigenvalue weighted by Crippen LogP contribution is 2.31. The van der Waals surface area contributed by atoms with E-state index in [0.29, 0.717) is 56.6 Å². The Morgan fingerprint density at radius 2 is 1.84 bits per heavy atom. The van der Waals surface area contributed by atoms with E-state index in [2.05, 4.69) is 48.8 Å². The highest BCUT2D eigenvalue weighted by Gasteiger charge is 2.45. The van der Waals surface area contributed by atoms with Gasteiger partial charge in [0.1, 0.15) is 12.0 Å². The van der Waals surface area contributed by atoms with Crippen LogP contribution in [0.1, 0.15) is 25.3 Å². The molecule has 13 nitrogen and oxygen atoms in total. The summed E-state index contributed by atoms with van der Waals surface area (Å²) >= 11 is 0. The van der Waals surface area contributed by atoms with Gasteiger partial charge in [-0.3, -0.25) is 24.3 Å². The summed E-state index contributed by atoms with van der Waals surface area (Å²) in [5, 5.41) is 15.8. The third-order valence-corrected chi connectivity index (χ3v) is 9.27. The number of anilines is 1. The smallest absolute Gasteiger partial charge is 0.258 e. The number of amides is 2. The Kier molecular flexibility index (Phi) is 8.93. The molecule has 5 heterocycles. The summed E-state index contributed by atoms with van der Waals surface area (Å²) in [5.74, 6) is 1.05. The van der Waals surface area contributed by atoms with Gasteiger partial charge in [-0.15, -0.1) is 0 Å². The Labute approximate surface area is 283 Å². The molecular formula is C36H39N9O4. The molecule has 49 heavy (non-hydrogen) atoms. The average molecular weight is 662 g/mol. The quantitative estimate of drug-likeness (QED) is 0.226. The Bertz CT molecular complexity index is 2000. The predicted molar refractivity (Wildman–Crippen MR) is 186 cm³/mol. The van der Waals surface area contributed by atoms with Crippen molar-refractivity contribution in [2.75, 3.05) is 51.8 Å². The topological polar surface area (TPSA) is 143 Å². The van der Waals surface area contributed by atoms with Gasteiger partial charge in [0.25, 0.3) is 5.91 Å². The zero-order valence-corrected chi connectivity index (χ0v) is 27.8. The first-order chi connectivity index (χ1) is 23.8. The van der Waals surface area contributed by atoms with Gasteiger partial charge in [-0.2, -0.15) is 10.2 Å². The van der Waals surface area contributed by atoms with Crippen LogP contribution in [0.15, 0.2) is 73.2 Å². The number of ether oxygens (including phenoxy) is 2. The number of aromatic amines is 1. The van der Waals surface area contributed by atoms with Crippen molar-refractivity contribution in [2.24, 2.45) is 7.05 Å². The molecule has 0 saturated carbocycles. The third-order valence-electron chi connectivity index (χ3n) is 9.27. The van der Waals surface area contributed by atoms with Gasteiger partial charge >= 0.3 is 0 Å². The van der Waals surface area contributed by atoms with Crippen molar-refractivity contribution < 1.29 is 19.1 Å². The molecule has 2 aliphatic rings. The van der Waals surface area contributed by atoms with E-state index >= 15 is 0 Å². The zero-order valence-electron chi connectivity index (χ0n) is 27.8. The minimum absolute atomic E-state index is 0.0425. The average Bonchev–Trinajstić information content (AvgIpc) is 3.88. The number of pyridine rings is 1. The molecule has 2 amide bonds. The number of hydrogen-bond acceptors (Lipinski definition) is 9. The zero-order chi connectivity index (χ0) is 34.0. The van der Waals surface area contributed by atoms with Gasteiger partial charge in [-0.25, -0.2) is 9.97 Å². The predicted octanol–water partition coefficient (Wildman–Crippen LogP) is 4.16. The molecule has 1 atom stereocenters. The van der Waals surface area contributed by atoms with Crippen LogP contribution >= 0.6 is 0 Å². The molecule has 0 aliphatic carbocycles. The summed E-state index contributed by atoms with van der Waals surface area (Å²) in [6.07, 6.45) is 6.79. The van der Waals surface area contributed by atoms with Crippen LogP contribution in [0.2, 0.25) is 0 Å². The van der Waals surface area contributed by atoms with Crippen molar-refractivity contribution in [3.63, 3.8) is 0 Å². The number of hydrogen-bond donors (Lipinski definition) is 2. The molecule has 2 N–H and O–H groups in total. The standard InChI is InChI=1S/C36H39N9O4/c1-4-49-31-12-9-27(20-37-31)33-29-19-28(10-11-30(29)40-41-33)39-35(47)36(48-3)15-18-44(22-36)21-32(46)45-16-13-25(14-17-45)24-5-7-26(8-6-24)34-38-23-43(2)42-34/h5-13,19-20,23H,4,14-18,21-22H2,1-3H3,(H,39,47)(H,40,41)/t36-/m0/s1. The molecule has 3 aromatic heterocycles. The first kappa shape index (κ1) is 32.2. The number of rotatable bonds is 10. The van der Waals surface area contributed by atoms with Gasteiger partial charge in [0, 0.05) is 74.8 Å². The van der Waals surface area contributed by atoms with Crippen LogP contribution in [-0.2, 0) is 21.4 Å². The Hall–Kier alpha value is -5.40. The fourth-order valence-electron chi connectivity index (χ4n) is 6.50. The van der Waals surface area contributed by atoms with E-state index in [-0.39, 0.29) is 18.4 Å². The highest BCUT2D eigenvalue weighted by atomic mass is 16.5. The minimum Gasteiger partial charge on any atom is -0.478 e. The maximum absolute atomic E-state index is 13.7. The molecule has 2 aromatic carbocycles. The van der Waals surface area contributed by atoms with Gasteiger partial charge in [0.05, 0.1) is 18.7 Å². The summed E-state index contributed by atoms with van der Waals surface area (Å²) in [5.41, 5.74) is 5.28. The number of carbonyl (C=O) groups is 2. The van der Waals surface area contributed by atoms with E-state index in [9.17, 15) is 9.59 Å². The summed E-state index contributed by atoms with van der Waals surface area (Å²) in [6, 6.07) is 17.6. The molecule has 2 aliphatic heterocycles. The lowest BCUT2D eigenvalue weighted by Gasteiger charge is -2.30. The largest absolute Gasteiger partial charge is 0.478 e.